The van der Waals surface area contributed by atoms with E-state index in [1.807, 2.05) is 0 Å². The lowest BCUT2D eigenvalue weighted by molar-refractivity contribution is 0.0569. The summed E-state index contributed by atoms with van der Waals surface area (Å²) in [7, 11) is 0. The van der Waals surface area contributed by atoms with Gasteiger partial charge in [0, 0.05) is 18.5 Å². The van der Waals surface area contributed by atoms with E-state index in [2.05, 4.69) is 65.6 Å². The summed E-state index contributed by atoms with van der Waals surface area (Å²) in [4.78, 5) is 2.73. The maximum atomic E-state index is 2.73. The van der Waals surface area contributed by atoms with Crippen LogP contribution in [0.25, 0.3) is 0 Å². The van der Waals surface area contributed by atoms with E-state index in [1.54, 1.807) is 5.56 Å². The minimum Gasteiger partial charge on any atom is -0.303 e. The quantitative estimate of drug-likeness (QED) is 0.761. The fourth-order valence-electron chi connectivity index (χ4n) is 5.10. The molecule has 1 saturated carbocycles. The molecule has 0 bridgehead atoms. The van der Waals surface area contributed by atoms with Crippen molar-refractivity contribution in [2.45, 2.75) is 43.9 Å². The Bertz CT molecular complexity index is 636. The highest BCUT2D eigenvalue weighted by Crippen LogP contribution is 2.48. The standard InChI is InChI=1S/C23H29N/c1-3-9-20(10-4-1)14-17-24-18-16-23(21-11-5-2-6-12-21)15-8-7-13-22(23)19-24/h1-6,9-12,22H,7-8,13-19H2/t22-,23+/m0/s1. The zero-order valence-electron chi connectivity index (χ0n) is 14.7. The van der Waals surface area contributed by atoms with Crippen LogP contribution in [-0.4, -0.2) is 24.5 Å². The van der Waals surface area contributed by atoms with Crippen LogP contribution in [0, 0.1) is 5.92 Å². The second-order valence-electron chi connectivity index (χ2n) is 7.75. The topological polar surface area (TPSA) is 3.24 Å². The monoisotopic (exact) mass is 319 g/mol. The molecule has 2 atom stereocenters. The van der Waals surface area contributed by atoms with Crippen molar-refractivity contribution in [3.63, 3.8) is 0 Å². The molecule has 0 spiro atoms. The first-order valence-corrected chi connectivity index (χ1v) is 9.69. The predicted molar refractivity (Wildman–Crippen MR) is 101 cm³/mol. The highest BCUT2D eigenvalue weighted by molar-refractivity contribution is 5.28. The Morgan fingerprint density at radius 2 is 1.62 bits per heavy atom. The largest absolute Gasteiger partial charge is 0.303 e. The molecule has 24 heavy (non-hydrogen) atoms. The number of rotatable bonds is 4. The zero-order valence-corrected chi connectivity index (χ0v) is 14.7. The van der Waals surface area contributed by atoms with Gasteiger partial charge in [-0.1, -0.05) is 73.5 Å². The minimum atomic E-state index is 0.461. The molecule has 1 saturated heterocycles. The van der Waals surface area contributed by atoms with E-state index in [0.29, 0.717) is 5.41 Å². The van der Waals surface area contributed by atoms with Crippen molar-refractivity contribution in [3.8, 4) is 0 Å². The lowest BCUT2D eigenvalue weighted by Crippen LogP contribution is -2.51. The van der Waals surface area contributed by atoms with Gasteiger partial charge in [0.1, 0.15) is 0 Å². The lowest BCUT2D eigenvalue weighted by atomic mass is 9.59. The van der Waals surface area contributed by atoms with Crippen LogP contribution in [0.1, 0.15) is 43.2 Å². The summed E-state index contributed by atoms with van der Waals surface area (Å²) in [5, 5.41) is 0. The van der Waals surface area contributed by atoms with Crippen molar-refractivity contribution in [2.24, 2.45) is 5.92 Å². The number of fused-ring (bicyclic) bond motifs is 1. The van der Waals surface area contributed by atoms with Gasteiger partial charge in [-0.15, -0.1) is 0 Å². The molecule has 2 aromatic carbocycles. The fraction of sp³-hybridized carbons (Fsp3) is 0.478. The molecule has 1 heteroatoms. The summed E-state index contributed by atoms with van der Waals surface area (Å²) in [6.07, 6.45) is 8.18. The van der Waals surface area contributed by atoms with Crippen LogP contribution in [0.3, 0.4) is 0 Å². The second-order valence-corrected chi connectivity index (χ2v) is 7.75. The van der Waals surface area contributed by atoms with Crippen molar-refractivity contribution in [3.05, 3.63) is 71.8 Å². The Morgan fingerprint density at radius 1 is 0.875 bits per heavy atom. The SMILES string of the molecule is c1ccc(CCN2CC[C@@]3(c4ccccc4)CCCC[C@H]3C2)cc1. The van der Waals surface area contributed by atoms with Gasteiger partial charge in [-0.05, 0) is 49.3 Å². The van der Waals surface area contributed by atoms with Crippen LogP contribution >= 0.6 is 0 Å². The van der Waals surface area contributed by atoms with E-state index in [9.17, 15) is 0 Å². The maximum absolute atomic E-state index is 2.73. The third kappa shape index (κ3) is 3.15. The molecular formula is C23H29N. The van der Waals surface area contributed by atoms with Gasteiger partial charge in [-0.25, -0.2) is 0 Å². The van der Waals surface area contributed by atoms with E-state index in [4.69, 9.17) is 0 Å². The van der Waals surface area contributed by atoms with Crippen LogP contribution in [0.2, 0.25) is 0 Å². The molecule has 0 radical (unpaired) electrons. The molecule has 1 aliphatic heterocycles. The number of hydrogen-bond acceptors (Lipinski definition) is 1. The van der Waals surface area contributed by atoms with Crippen molar-refractivity contribution >= 4 is 0 Å². The van der Waals surface area contributed by atoms with Crippen LogP contribution in [-0.2, 0) is 11.8 Å². The summed E-state index contributed by atoms with van der Waals surface area (Å²) in [6.45, 7) is 3.77. The first-order chi connectivity index (χ1) is 11.9. The smallest absolute Gasteiger partial charge is 0.00219 e. The molecule has 2 fully saturated rings. The molecule has 126 valence electrons. The zero-order chi connectivity index (χ0) is 16.2. The molecule has 0 N–H and O–H groups in total. The van der Waals surface area contributed by atoms with Crippen LogP contribution in [0.4, 0.5) is 0 Å². The van der Waals surface area contributed by atoms with E-state index in [1.165, 1.54) is 63.7 Å². The number of likely N-dealkylation sites (tertiary alicyclic amines) is 1. The second kappa shape index (κ2) is 7.11. The first-order valence-electron chi connectivity index (χ1n) is 9.69. The van der Waals surface area contributed by atoms with Crippen molar-refractivity contribution in [1.82, 2.24) is 4.90 Å². The van der Waals surface area contributed by atoms with Gasteiger partial charge in [-0.3, -0.25) is 0 Å². The molecular weight excluding hydrogens is 290 g/mol. The van der Waals surface area contributed by atoms with E-state index in [0.717, 1.165) is 5.92 Å². The molecule has 2 aliphatic rings. The van der Waals surface area contributed by atoms with Crippen LogP contribution in [0.5, 0.6) is 0 Å². The van der Waals surface area contributed by atoms with Gasteiger partial charge in [0.25, 0.3) is 0 Å². The number of benzene rings is 2. The maximum Gasteiger partial charge on any atom is 0.00219 e. The summed E-state index contributed by atoms with van der Waals surface area (Å²) in [5.74, 6) is 0.846. The Kier molecular flexibility index (Phi) is 4.71. The van der Waals surface area contributed by atoms with Crippen molar-refractivity contribution in [1.29, 1.82) is 0 Å². The van der Waals surface area contributed by atoms with Gasteiger partial charge in [0.2, 0.25) is 0 Å². The summed E-state index contributed by atoms with van der Waals surface area (Å²) in [6, 6.07) is 22.4. The molecule has 0 aromatic heterocycles. The van der Waals surface area contributed by atoms with Crippen LogP contribution in [0.15, 0.2) is 60.7 Å². The third-order valence-electron chi connectivity index (χ3n) is 6.47. The van der Waals surface area contributed by atoms with Gasteiger partial charge in [0.05, 0.1) is 0 Å². The normalized spacial score (nSPS) is 27.6. The van der Waals surface area contributed by atoms with Gasteiger partial charge < -0.3 is 4.90 Å². The average molecular weight is 319 g/mol. The average Bonchev–Trinajstić information content (AvgIpc) is 2.67. The molecule has 1 heterocycles. The Labute approximate surface area is 146 Å². The number of hydrogen-bond donors (Lipinski definition) is 0. The Morgan fingerprint density at radius 3 is 2.42 bits per heavy atom. The molecule has 0 amide bonds. The number of piperidine rings is 1. The molecule has 0 unspecified atom stereocenters. The first kappa shape index (κ1) is 15.9. The van der Waals surface area contributed by atoms with Gasteiger partial charge >= 0.3 is 0 Å². The highest BCUT2D eigenvalue weighted by atomic mass is 15.1. The summed E-state index contributed by atoms with van der Waals surface area (Å²) >= 11 is 0. The molecule has 1 nitrogen and oxygen atoms in total. The lowest BCUT2D eigenvalue weighted by Gasteiger charge is -2.51. The van der Waals surface area contributed by atoms with E-state index in [-0.39, 0.29) is 0 Å². The highest BCUT2D eigenvalue weighted by Gasteiger charge is 2.45. The van der Waals surface area contributed by atoms with Crippen molar-refractivity contribution in [2.75, 3.05) is 19.6 Å². The Hall–Kier alpha value is -1.60. The summed E-state index contributed by atoms with van der Waals surface area (Å²) < 4.78 is 0. The minimum absolute atomic E-state index is 0.461. The molecule has 2 aromatic rings. The van der Waals surface area contributed by atoms with Gasteiger partial charge in [-0.2, -0.15) is 0 Å². The van der Waals surface area contributed by atoms with E-state index >= 15 is 0 Å². The van der Waals surface area contributed by atoms with Crippen molar-refractivity contribution < 1.29 is 0 Å². The fourth-order valence-corrected chi connectivity index (χ4v) is 5.10. The molecule has 4 rings (SSSR count). The van der Waals surface area contributed by atoms with Gasteiger partial charge in [0.15, 0.2) is 0 Å². The predicted octanol–water partition coefficient (Wildman–Crippen LogP) is 5.06. The summed E-state index contributed by atoms with van der Waals surface area (Å²) in [5.41, 5.74) is 3.54. The van der Waals surface area contributed by atoms with E-state index < -0.39 is 0 Å². The number of nitrogens with zero attached hydrogens (tertiary/aromatic N) is 1. The molecule has 1 aliphatic carbocycles. The third-order valence-corrected chi connectivity index (χ3v) is 6.47. The Balaban J connectivity index is 1.45. The van der Waals surface area contributed by atoms with Crippen LogP contribution < -0.4 is 0 Å².